The summed E-state index contributed by atoms with van der Waals surface area (Å²) in [5.74, 6) is 0. The van der Waals surface area contributed by atoms with Crippen molar-refractivity contribution in [2.75, 3.05) is 0 Å². The zero-order valence-electron chi connectivity index (χ0n) is 1.94. The van der Waals surface area contributed by atoms with Crippen LogP contribution in [0, 0.1) is 0 Å². The van der Waals surface area contributed by atoms with Crippen LogP contribution in [0.15, 0.2) is 0 Å². The van der Waals surface area contributed by atoms with Crippen molar-refractivity contribution < 1.29 is 10.1 Å². The minimum atomic E-state index is 0. The molecule has 0 aromatic carbocycles. The molecule has 0 rings (SSSR count). The summed E-state index contributed by atoms with van der Waals surface area (Å²) >= 11 is 3.64. The maximum atomic E-state index is 6.47. The summed E-state index contributed by atoms with van der Waals surface area (Å²) in [6.07, 6.45) is 0. The van der Waals surface area contributed by atoms with Gasteiger partial charge in [-0.1, -0.05) is 0 Å². The van der Waals surface area contributed by atoms with E-state index >= 15 is 0 Å². The van der Waals surface area contributed by atoms with Gasteiger partial charge in [-0.15, -0.1) is 0 Å². The van der Waals surface area contributed by atoms with Crippen LogP contribution in [0.1, 0.15) is 0 Å². The van der Waals surface area contributed by atoms with Gasteiger partial charge in [-0.05, 0) is 0 Å². The molecule has 0 atom stereocenters. The van der Waals surface area contributed by atoms with E-state index in [0.29, 0.717) is 0 Å². The van der Waals surface area contributed by atoms with E-state index in [2.05, 4.69) is 11.9 Å². The van der Waals surface area contributed by atoms with Gasteiger partial charge in [0.05, 0.1) is 11.9 Å². The second-order valence-corrected chi connectivity index (χ2v) is 0. The Hall–Kier alpha value is 1.47. The Balaban J connectivity index is -0.00000000500. The number of hydrogen-bond acceptors (Lipinski definition) is 1. The maximum Gasteiger partial charge on any atom is 2.00 e. The Bertz CT molecular complexity index is 6.00. The molecule has 0 aromatic rings. The minimum Gasteiger partial charge on any atom is -2.00 e. The molecule has 1 N–H and O–H groups in total. The first kappa shape index (κ1) is 17.9. The molecule has 22 valence electrons. The van der Waals surface area contributed by atoms with Crippen LogP contribution >= 0.6 is 11.9 Å². The fraction of sp³-hybridized carbons (Fsp3) is 0. The molecule has 0 spiro atoms. The third-order valence-electron chi connectivity index (χ3n) is 0. The monoisotopic (exact) mass is 108 g/mol. The molecule has 0 aliphatic rings. The number of halogens is 1. The minimum absolute atomic E-state index is 0. The zero-order valence-corrected chi connectivity index (χ0v) is 4.90. The predicted molar refractivity (Wildman–Crippen MR) is 14.5 cm³/mol. The van der Waals surface area contributed by atoms with Crippen molar-refractivity contribution in [1.82, 2.24) is 0 Å². The first-order valence-electron chi connectivity index (χ1n) is 0.169. The SMILES string of the molecule is OCl.[Ca+2].[O-2]. The molecule has 0 radical (unpaired) electrons. The first-order valence-corrected chi connectivity index (χ1v) is 0.507. The van der Waals surface area contributed by atoms with Crippen molar-refractivity contribution >= 4 is 49.6 Å². The van der Waals surface area contributed by atoms with Crippen molar-refractivity contribution in [2.24, 2.45) is 0 Å². The van der Waals surface area contributed by atoms with E-state index in [1.54, 1.807) is 0 Å². The van der Waals surface area contributed by atoms with E-state index in [1.807, 2.05) is 0 Å². The van der Waals surface area contributed by atoms with E-state index in [0.717, 1.165) is 0 Å². The average Bonchev–Trinajstić information content (AvgIpc) is 1.00. The molecule has 0 heterocycles. The zero-order chi connectivity index (χ0) is 2.00. The van der Waals surface area contributed by atoms with E-state index in [9.17, 15) is 0 Å². The summed E-state index contributed by atoms with van der Waals surface area (Å²) in [5, 5.41) is 0. The van der Waals surface area contributed by atoms with Crippen LogP contribution in [-0.4, -0.2) is 42.4 Å². The van der Waals surface area contributed by atoms with Crippen LogP contribution in [0.3, 0.4) is 0 Å². The van der Waals surface area contributed by atoms with E-state index in [1.165, 1.54) is 0 Å². The van der Waals surface area contributed by atoms with Gasteiger partial charge in [0.1, 0.15) is 0 Å². The number of rotatable bonds is 0. The molecule has 0 fully saturated rings. The van der Waals surface area contributed by atoms with Gasteiger partial charge in [0, 0.05) is 0 Å². The topological polar surface area (TPSA) is 48.7 Å². The van der Waals surface area contributed by atoms with Gasteiger partial charge in [-0.2, -0.15) is 0 Å². The molecule has 0 aliphatic heterocycles. The molecule has 0 aliphatic carbocycles. The van der Waals surface area contributed by atoms with E-state index in [-0.39, 0.29) is 43.2 Å². The van der Waals surface area contributed by atoms with Gasteiger partial charge in [-0.3, -0.25) is 4.66 Å². The van der Waals surface area contributed by atoms with Gasteiger partial charge in [0.2, 0.25) is 0 Å². The molecular formula is HCaClO2. The Morgan fingerprint density at radius 2 is 1.25 bits per heavy atom. The molecule has 0 unspecified atom stereocenters. The Morgan fingerprint density at radius 1 is 1.25 bits per heavy atom. The second kappa shape index (κ2) is 24.9. The summed E-state index contributed by atoms with van der Waals surface area (Å²) in [7, 11) is 0. The van der Waals surface area contributed by atoms with Gasteiger partial charge in [0.25, 0.3) is 0 Å². The molecule has 0 saturated carbocycles. The Labute approximate surface area is 59.2 Å². The standard InChI is InChI=1S/Ca.ClHO.O/c;1-2;/h;2H;/q+2;;-2. The summed E-state index contributed by atoms with van der Waals surface area (Å²) in [6, 6.07) is 0. The third kappa shape index (κ3) is 9.80. The molecule has 0 bridgehead atoms. The second-order valence-electron chi connectivity index (χ2n) is 0. The Kier molecular flexibility index (Phi) is 112. The maximum absolute atomic E-state index is 6.47. The van der Waals surface area contributed by atoms with E-state index < -0.39 is 0 Å². The van der Waals surface area contributed by atoms with Crippen molar-refractivity contribution in [2.45, 2.75) is 0 Å². The third-order valence-corrected chi connectivity index (χ3v) is 0. The van der Waals surface area contributed by atoms with Crippen LogP contribution in [0.4, 0.5) is 0 Å². The fourth-order valence-corrected chi connectivity index (χ4v) is 0. The van der Waals surface area contributed by atoms with Crippen LogP contribution in [0.5, 0.6) is 0 Å². The van der Waals surface area contributed by atoms with Gasteiger partial charge >= 0.3 is 37.7 Å². The fourth-order valence-electron chi connectivity index (χ4n) is 0. The molecule has 2 nitrogen and oxygen atoms in total. The van der Waals surface area contributed by atoms with Gasteiger partial charge in [-0.25, -0.2) is 0 Å². The van der Waals surface area contributed by atoms with Crippen molar-refractivity contribution in [3.8, 4) is 0 Å². The summed E-state index contributed by atoms with van der Waals surface area (Å²) in [6.45, 7) is 0. The molecule has 4 heteroatoms. The summed E-state index contributed by atoms with van der Waals surface area (Å²) in [4.78, 5) is 0. The smallest absolute Gasteiger partial charge is 2.00 e. The van der Waals surface area contributed by atoms with Crippen LogP contribution in [0.2, 0.25) is 0 Å². The predicted octanol–water partition coefficient (Wildman–Crippen LogP) is -0.367. The largest absolute Gasteiger partial charge is 2.00 e. The average molecular weight is 109 g/mol. The molecule has 4 heavy (non-hydrogen) atoms. The van der Waals surface area contributed by atoms with Crippen LogP contribution < -0.4 is 0 Å². The van der Waals surface area contributed by atoms with Crippen molar-refractivity contribution in [3.63, 3.8) is 0 Å². The van der Waals surface area contributed by atoms with Crippen LogP contribution in [-0.2, 0) is 5.48 Å². The number of hydrogen-bond donors (Lipinski definition) is 1. The van der Waals surface area contributed by atoms with Crippen molar-refractivity contribution in [1.29, 1.82) is 0 Å². The molecular weight excluding hydrogens is 108 g/mol. The summed E-state index contributed by atoms with van der Waals surface area (Å²) < 4.78 is 6.47. The van der Waals surface area contributed by atoms with Gasteiger partial charge in [0.15, 0.2) is 0 Å². The normalized spacial score (nSPS) is 1.50. The van der Waals surface area contributed by atoms with E-state index in [4.69, 9.17) is 4.66 Å². The Morgan fingerprint density at radius 3 is 1.25 bits per heavy atom. The first-order chi connectivity index (χ1) is 1.00. The molecule has 0 aromatic heterocycles. The quantitative estimate of drug-likeness (QED) is 0.423. The van der Waals surface area contributed by atoms with Crippen molar-refractivity contribution in [3.05, 3.63) is 0 Å². The summed E-state index contributed by atoms with van der Waals surface area (Å²) in [5.41, 5.74) is 0. The van der Waals surface area contributed by atoms with Crippen LogP contribution in [0.25, 0.3) is 0 Å². The van der Waals surface area contributed by atoms with Gasteiger partial charge < -0.3 is 5.48 Å². The molecule has 0 saturated heterocycles. The molecule has 0 amide bonds.